The van der Waals surface area contributed by atoms with Gasteiger partial charge in [0.05, 0.1) is 13.0 Å². The largest absolute Gasteiger partial charge is 0.496 e. The van der Waals surface area contributed by atoms with Crippen LogP contribution in [0.5, 0.6) is 5.75 Å². The lowest BCUT2D eigenvalue weighted by atomic mass is 10.00. The molecular formula is C11H12F2O3. The van der Waals surface area contributed by atoms with Crippen LogP contribution in [0.15, 0.2) is 12.1 Å². The summed E-state index contributed by atoms with van der Waals surface area (Å²) in [5.41, 5.74) is 0.0822. The molecule has 1 N–H and O–H groups in total. The number of hydrogen-bond acceptors (Lipinski definition) is 2. The summed E-state index contributed by atoms with van der Waals surface area (Å²) in [6.45, 7) is 1.45. The monoisotopic (exact) mass is 230 g/mol. The second-order valence-electron chi connectivity index (χ2n) is 3.51. The summed E-state index contributed by atoms with van der Waals surface area (Å²) < 4.78 is 31.1. The number of ether oxygens (including phenoxy) is 1. The van der Waals surface area contributed by atoms with Gasteiger partial charge in [0.1, 0.15) is 17.4 Å². The summed E-state index contributed by atoms with van der Waals surface area (Å²) in [6.07, 6.45) is -0.0371. The highest BCUT2D eigenvalue weighted by Gasteiger charge is 2.18. The second-order valence-corrected chi connectivity index (χ2v) is 3.51. The molecule has 0 aromatic heterocycles. The lowest BCUT2D eigenvalue weighted by Gasteiger charge is -2.12. The molecule has 1 unspecified atom stereocenters. The predicted octanol–water partition coefficient (Wildman–Crippen LogP) is 2.24. The Balaban J connectivity index is 3.07. The zero-order chi connectivity index (χ0) is 12.3. The van der Waals surface area contributed by atoms with Crippen LogP contribution < -0.4 is 4.74 Å². The zero-order valence-electron chi connectivity index (χ0n) is 8.96. The molecule has 0 aliphatic carbocycles. The maximum absolute atomic E-state index is 13.4. The number of aliphatic carboxylic acids is 1. The van der Waals surface area contributed by atoms with Crippen LogP contribution >= 0.6 is 0 Å². The van der Waals surface area contributed by atoms with Crippen molar-refractivity contribution >= 4 is 5.97 Å². The van der Waals surface area contributed by atoms with Gasteiger partial charge in [-0.15, -0.1) is 0 Å². The van der Waals surface area contributed by atoms with E-state index in [0.29, 0.717) is 6.07 Å². The third kappa shape index (κ3) is 2.68. The Morgan fingerprint density at radius 2 is 2.12 bits per heavy atom. The average Bonchev–Trinajstić information content (AvgIpc) is 2.21. The Kier molecular flexibility index (Phi) is 3.82. The summed E-state index contributed by atoms with van der Waals surface area (Å²) in [7, 11) is 1.28. The van der Waals surface area contributed by atoms with Crippen molar-refractivity contribution < 1.29 is 23.4 Å². The van der Waals surface area contributed by atoms with Gasteiger partial charge in [-0.2, -0.15) is 0 Å². The van der Waals surface area contributed by atoms with Crippen molar-refractivity contribution in [3.63, 3.8) is 0 Å². The van der Waals surface area contributed by atoms with E-state index in [1.807, 2.05) is 0 Å². The molecule has 1 rings (SSSR count). The molecule has 88 valence electrons. The second kappa shape index (κ2) is 4.92. The molecule has 5 heteroatoms. The topological polar surface area (TPSA) is 46.5 Å². The van der Waals surface area contributed by atoms with Gasteiger partial charge >= 0.3 is 5.97 Å². The molecule has 1 aromatic carbocycles. The highest BCUT2D eigenvalue weighted by molar-refractivity contribution is 5.70. The van der Waals surface area contributed by atoms with Gasteiger partial charge in [-0.1, -0.05) is 6.92 Å². The van der Waals surface area contributed by atoms with Crippen molar-refractivity contribution in [1.29, 1.82) is 0 Å². The average molecular weight is 230 g/mol. The first-order valence-electron chi connectivity index (χ1n) is 4.70. The van der Waals surface area contributed by atoms with Crippen LogP contribution in [0.2, 0.25) is 0 Å². The Morgan fingerprint density at radius 3 is 2.62 bits per heavy atom. The number of carboxylic acids is 1. The van der Waals surface area contributed by atoms with Crippen molar-refractivity contribution in [2.45, 2.75) is 13.3 Å². The molecule has 0 bridgehead atoms. The highest BCUT2D eigenvalue weighted by Crippen LogP contribution is 2.25. The first-order chi connectivity index (χ1) is 7.45. The summed E-state index contributed by atoms with van der Waals surface area (Å²) in [5, 5.41) is 8.72. The van der Waals surface area contributed by atoms with Gasteiger partial charge in [0, 0.05) is 17.7 Å². The molecule has 1 atom stereocenters. The van der Waals surface area contributed by atoms with Crippen LogP contribution in [0.3, 0.4) is 0 Å². The number of carboxylic acid groups (broad SMARTS) is 1. The maximum atomic E-state index is 13.4. The van der Waals surface area contributed by atoms with Crippen molar-refractivity contribution in [2.75, 3.05) is 7.11 Å². The van der Waals surface area contributed by atoms with Gasteiger partial charge in [0.2, 0.25) is 0 Å². The Labute approximate surface area is 91.7 Å². The lowest BCUT2D eigenvalue weighted by Crippen LogP contribution is -2.14. The first-order valence-corrected chi connectivity index (χ1v) is 4.70. The van der Waals surface area contributed by atoms with Crippen LogP contribution in [-0.2, 0) is 11.2 Å². The van der Waals surface area contributed by atoms with Crippen molar-refractivity contribution in [1.82, 2.24) is 0 Å². The Hall–Kier alpha value is -1.65. The smallest absolute Gasteiger partial charge is 0.306 e. The van der Waals surface area contributed by atoms with E-state index in [9.17, 15) is 13.6 Å². The maximum Gasteiger partial charge on any atom is 0.306 e. The molecule has 3 nitrogen and oxygen atoms in total. The fraction of sp³-hybridized carbons (Fsp3) is 0.364. The molecular weight excluding hydrogens is 218 g/mol. The lowest BCUT2D eigenvalue weighted by molar-refractivity contribution is -0.141. The molecule has 0 aliphatic rings. The van der Waals surface area contributed by atoms with Crippen LogP contribution in [0.4, 0.5) is 8.78 Å². The molecule has 1 aromatic rings. The molecule has 0 radical (unpaired) electrons. The first kappa shape index (κ1) is 12.4. The SMILES string of the molecule is COc1cc(F)cc(F)c1CC(C)C(=O)O. The molecule has 0 saturated heterocycles. The van der Waals surface area contributed by atoms with E-state index in [2.05, 4.69) is 0 Å². The van der Waals surface area contributed by atoms with Gasteiger partial charge < -0.3 is 9.84 Å². The van der Waals surface area contributed by atoms with Gasteiger partial charge in [-0.25, -0.2) is 8.78 Å². The van der Waals surface area contributed by atoms with E-state index < -0.39 is 23.5 Å². The number of carbonyl (C=O) groups is 1. The Bertz CT molecular complexity index is 404. The minimum Gasteiger partial charge on any atom is -0.496 e. The minimum absolute atomic E-state index is 0.0330. The van der Waals surface area contributed by atoms with Crippen LogP contribution in [0.25, 0.3) is 0 Å². The number of hydrogen-bond donors (Lipinski definition) is 1. The molecule has 0 amide bonds. The van der Waals surface area contributed by atoms with Crippen LogP contribution in [0, 0.1) is 17.6 Å². The van der Waals surface area contributed by atoms with Crippen molar-refractivity contribution in [3.05, 3.63) is 29.3 Å². The van der Waals surface area contributed by atoms with Crippen LogP contribution in [0.1, 0.15) is 12.5 Å². The van der Waals surface area contributed by atoms with E-state index in [4.69, 9.17) is 9.84 Å². The summed E-state index contributed by atoms with van der Waals surface area (Å²) >= 11 is 0. The fourth-order valence-corrected chi connectivity index (χ4v) is 1.35. The third-order valence-corrected chi connectivity index (χ3v) is 2.27. The van der Waals surface area contributed by atoms with Gasteiger partial charge in [-0.05, 0) is 6.42 Å². The molecule has 0 fully saturated rings. The molecule has 0 heterocycles. The number of methoxy groups -OCH3 is 1. The van der Waals surface area contributed by atoms with Crippen molar-refractivity contribution in [3.8, 4) is 5.75 Å². The molecule has 0 aliphatic heterocycles. The van der Waals surface area contributed by atoms with Gasteiger partial charge in [0.15, 0.2) is 0 Å². The summed E-state index contributed by atoms with van der Waals surface area (Å²) in [5.74, 6) is -3.30. The molecule has 16 heavy (non-hydrogen) atoms. The van der Waals surface area contributed by atoms with Crippen molar-refractivity contribution in [2.24, 2.45) is 5.92 Å². The fourth-order valence-electron chi connectivity index (χ4n) is 1.35. The van der Waals surface area contributed by atoms with E-state index in [1.165, 1.54) is 14.0 Å². The van der Waals surface area contributed by atoms with Gasteiger partial charge in [-0.3, -0.25) is 4.79 Å². The summed E-state index contributed by atoms with van der Waals surface area (Å²) in [6, 6.07) is 1.75. The van der Waals surface area contributed by atoms with E-state index in [1.54, 1.807) is 0 Å². The number of halogens is 2. The Morgan fingerprint density at radius 1 is 1.50 bits per heavy atom. The highest BCUT2D eigenvalue weighted by atomic mass is 19.1. The number of rotatable bonds is 4. The predicted molar refractivity (Wildman–Crippen MR) is 53.4 cm³/mol. The standard InChI is InChI=1S/C11H12F2O3/c1-6(11(14)15)3-8-9(13)4-7(12)5-10(8)16-2/h4-6H,3H2,1-2H3,(H,14,15). The normalized spacial score (nSPS) is 12.2. The quantitative estimate of drug-likeness (QED) is 0.862. The third-order valence-electron chi connectivity index (χ3n) is 2.27. The summed E-state index contributed by atoms with van der Waals surface area (Å²) in [4.78, 5) is 10.6. The van der Waals surface area contributed by atoms with E-state index >= 15 is 0 Å². The van der Waals surface area contributed by atoms with E-state index in [0.717, 1.165) is 6.07 Å². The van der Waals surface area contributed by atoms with E-state index in [-0.39, 0.29) is 17.7 Å². The zero-order valence-corrected chi connectivity index (χ0v) is 8.96. The number of benzene rings is 1. The molecule has 0 spiro atoms. The molecule has 0 saturated carbocycles. The van der Waals surface area contributed by atoms with Gasteiger partial charge in [0.25, 0.3) is 0 Å². The minimum atomic E-state index is -1.04. The van der Waals surface area contributed by atoms with Crippen LogP contribution in [-0.4, -0.2) is 18.2 Å².